The Labute approximate surface area is 291 Å². The molecule has 1 amide bonds. The number of carbonyl (C=O) groups excluding carboxylic acids is 1. The van der Waals surface area contributed by atoms with Gasteiger partial charge in [0.15, 0.2) is 27.1 Å². The topological polar surface area (TPSA) is 104 Å². The Balaban J connectivity index is 1.21. The van der Waals surface area contributed by atoms with Crippen LogP contribution in [0.2, 0.25) is 18.1 Å². The molecule has 0 aromatic heterocycles. The molecule has 0 N–H and O–H groups in total. The van der Waals surface area contributed by atoms with Crippen molar-refractivity contribution in [1.29, 1.82) is 0 Å². The smallest absolute Gasteiger partial charge is 0.274 e. The van der Waals surface area contributed by atoms with Gasteiger partial charge in [0, 0.05) is 30.6 Å². The van der Waals surface area contributed by atoms with Gasteiger partial charge in [-0.25, -0.2) is 10.0 Å². The molecule has 5 aliphatic heterocycles. The fraction of sp³-hybridized carbons (Fsp3) is 0.649. The van der Waals surface area contributed by atoms with Crippen molar-refractivity contribution in [1.82, 2.24) is 10.0 Å². The van der Waals surface area contributed by atoms with Crippen molar-refractivity contribution in [3.8, 4) is 0 Å². The van der Waals surface area contributed by atoms with Crippen molar-refractivity contribution in [2.45, 2.75) is 127 Å². The number of allylic oxidation sites excluding steroid dienone is 2. The first-order valence-corrected chi connectivity index (χ1v) is 21.0. The lowest BCUT2D eigenvalue weighted by Gasteiger charge is -2.42. The second-order valence-electron chi connectivity index (χ2n) is 15.4. The van der Waals surface area contributed by atoms with Crippen LogP contribution in [0.15, 0.2) is 63.5 Å². The molecular formula is C37H52N4O7Si. The summed E-state index contributed by atoms with van der Waals surface area (Å²) in [5.41, 5.74) is 4.76. The van der Waals surface area contributed by atoms with E-state index in [2.05, 4.69) is 45.2 Å². The van der Waals surface area contributed by atoms with E-state index >= 15 is 0 Å². The van der Waals surface area contributed by atoms with Gasteiger partial charge in [0.2, 0.25) is 0 Å². The van der Waals surface area contributed by atoms with E-state index in [0.29, 0.717) is 31.9 Å². The van der Waals surface area contributed by atoms with Crippen LogP contribution in [-0.4, -0.2) is 99.7 Å². The third-order valence-electron chi connectivity index (χ3n) is 10.9. The molecule has 3 saturated heterocycles. The summed E-state index contributed by atoms with van der Waals surface area (Å²) in [7, 11) is -2.32. The second kappa shape index (κ2) is 14.5. The monoisotopic (exact) mass is 692 g/mol. The van der Waals surface area contributed by atoms with Gasteiger partial charge in [-0.15, -0.1) is 0 Å². The number of carbonyl (C=O) groups is 1. The maximum atomic E-state index is 13.4. The van der Waals surface area contributed by atoms with Gasteiger partial charge in [-0.1, -0.05) is 39.0 Å². The zero-order chi connectivity index (χ0) is 34.2. The number of hydrogen-bond donors (Lipinski definition) is 0. The minimum atomic E-state index is -2.32. The van der Waals surface area contributed by atoms with E-state index in [1.165, 1.54) is 11.1 Å². The van der Waals surface area contributed by atoms with E-state index < -0.39 is 32.9 Å². The minimum absolute atomic E-state index is 0.0425. The Morgan fingerprint density at radius 3 is 2.41 bits per heavy atom. The van der Waals surface area contributed by atoms with Crippen molar-refractivity contribution >= 4 is 26.2 Å². The Morgan fingerprint density at radius 1 is 0.980 bits per heavy atom. The Kier molecular flexibility index (Phi) is 10.3. The van der Waals surface area contributed by atoms with Crippen LogP contribution in [0.25, 0.3) is 0 Å². The number of hydrogen-bond acceptors (Lipinski definition) is 10. The SMILES string of the molecule is CC(C)(C)[Si](C)(C)O[C@@H]1[C@H](OC2CCCCO2)[C@@H](COC2CCCCO2)O[C@H]1N1C=C2CCC3=C2C(=N1)C=NN(C(=O)c1ccccc1)C3. The van der Waals surface area contributed by atoms with Gasteiger partial charge in [0.1, 0.15) is 24.0 Å². The molecular weight excluding hydrogens is 641 g/mol. The number of benzene rings is 1. The highest BCUT2D eigenvalue weighted by Gasteiger charge is 2.54. The maximum Gasteiger partial charge on any atom is 0.274 e. The number of amides is 1. The summed E-state index contributed by atoms with van der Waals surface area (Å²) < 4.78 is 39.4. The summed E-state index contributed by atoms with van der Waals surface area (Å²) in [5, 5.41) is 13.2. The van der Waals surface area contributed by atoms with Crippen molar-refractivity contribution < 1.29 is 32.9 Å². The van der Waals surface area contributed by atoms with Crippen LogP contribution in [0.3, 0.4) is 0 Å². The van der Waals surface area contributed by atoms with Crippen LogP contribution in [-0.2, 0) is 28.1 Å². The number of ether oxygens (including phenoxy) is 5. The quantitative estimate of drug-likeness (QED) is 0.276. The molecule has 49 heavy (non-hydrogen) atoms. The number of rotatable bonds is 9. The predicted octanol–water partition coefficient (Wildman–Crippen LogP) is 6.34. The van der Waals surface area contributed by atoms with Gasteiger partial charge < -0.3 is 28.1 Å². The summed E-state index contributed by atoms with van der Waals surface area (Å²) in [6.45, 7) is 13.4. The zero-order valence-corrected chi connectivity index (χ0v) is 30.6. The third-order valence-corrected chi connectivity index (χ3v) is 15.3. The molecule has 266 valence electrons. The highest BCUT2D eigenvalue weighted by atomic mass is 28.4. The molecule has 0 saturated carbocycles. The summed E-state index contributed by atoms with van der Waals surface area (Å²) in [6, 6.07) is 9.30. The largest absolute Gasteiger partial charge is 0.406 e. The second-order valence-corrected chi connectivity index (χ2v) is 20.2. The van der Waals surface area contributed by atoms with E-state index in [1.54, 1.807) is 11.2 Å². The molecule has 0 spiro atoms. The van der Waals surface area contributed by atoms with Crippen molar-refractivity contribution in [2.75, 3.05) is 26.4 Å². The molecule has 6 aliphatic rings. The zero-order valence-electron chi connectivity index (χ0n) is 29.6. The van der Waals surface area contributed by atoms with Crippen LogP contribution >= 0.6 is 0 Å². The molecule has 0 bridgehead atoms. The Morgan fingerprint density at radius 2 is 1.71 bits per heavy atom. The van der Waals surface area contributed by atoms with Gasteiger partial charge in [-0.05, 0) is 92.8 Å². The molecule has 3 fully saturated rings. The lowest BCUT2D eigenvalue weighted by molar-refractivity contribution is -0.222. The van der Waals surface area contributed by atoms with Crippen molar-refractivity contribution in [2.24, 2.45) is 10.2 Å². The normalized spacial score (nSPS) is 30.6. The van der Waals surface area contributed by atoms with Crippen LogP contribution in [0, 0.1) is 0 Å². The Bertz CT molecular complexity index is 1480. The van der Waals surface area contributed by atoms with Gasteiger partial charge in [-0.3, -0.25) is 4.79 Å². The van der Waals surface area contributed by atoms with E-state index in [-0.39, 0.29) is 23.5 Å². The molecule has 1 aromatic carbocycles. The van der Waals surface area contributed by atoms with E-state index in [4.69, 9.17) is 33.2 Å². The molecule has 11 nitrogen and oxygen atoms in total. The first kappa shape index (κ1) is 34.7. The highest BCUT2D eigenvalue weighted by molar-refractivity contribution is 6.74. The number of nitrogens with zero attached hydrogens (tertiary/aromatic N) is 4. The van der Waals surface area contributed by atoms with Crippen LogP contribution in [0.4, 0.5) is 0 Å². The highest BCUT2D eigenvalue weighted by Crippen LogP contribution is 2.43. The van der Waals surface area contributed by atoms with Gasteiger partial charge in [0.25, 0.3) is 5.91 Å². The molecule has 1 aliphatic carbocycles. The van der Waals surface area contributed by atoms with Crippen LogP contribution in [0.5, 0.6) is 0 Å². The maximum absolute atomic E-state index is 13.4. The van der Waals surface area contributed by atoms with Gasteiger partial charge in [0.05, 0.1) is 19.4 Å². The first-order chi connectivity index (χ1) is 23.6. The minimum Gasteiger partial charge on any atom is -0.406 e. The molecule has 5 heterocycles. The molecule has 7 rings (SSSR count). The number of hydrazone groups is 2. The van der Waals surface area contributed by atoms with Crippen LogP contribution in [0.1, 0.15) is 82.5 Å². The lowest BCUT2D eigenvalue weighted by atomic mass is 10.0. The lowest BCUT2D eigenvalue weighted by Crippen LogP contribution is -2.53. The standard InChI is InChI=1S/C37H52N4O7Si/c1-37(2,3)49(4,5)48-34-33(47-31-16-10-12-20-44-31)29(24-45-30-15-9-11-19-43-30)46-36(34)41-23-27-18-17-26-22-40(38-21-28(39-41)32(26)27)35(42)25-13-7-6-8-14-25/h6-8,13-14,21,23,29-31,33-34,36H,9-12,15-20,22,24H2,1-5H3/t29-,30?,31?,33-,34-,36-/m1/s1. The third kappa shape index (κ3) is 7.51. The average Bonchev–Trinajstić information content (AvgIpc) is 3.59. The van der Waals surface area contributed by atoms with E-state index in [0.717, 1.165) is 62.7 Å². The molecule has 12 heteroatoms. The Hall–Kier alpha value is -2.71. The fourth-order valence-electron chi connectivity index (χ4n) is 7.08. The average molecular weight is 693 g/mol. The first-order valence-electron chi connectivity index (χ1n) is 18.1. The summed E-state index contributed by atoms with van der Waals surface area (Å²) in [6.07, 6.45) is 8.94. The summed E-state index contributed by atoms with van der Waals surface area (Å²) >= 11 is 0. The predicted molar refractivity (Wildman–Crippen MR) is 188 cm³/mol. The molecule has 0 radical (unpaired) electrons. The molecule has 2 unspecified atom stereocenters. The van der Waals surface area contributed by atoms with Gasteiger partial charge >= 0.3 is 0 Å². The van der Waals surface area contributed by atoms with Crippen molar-refractivity contribution in [3.05, 3.63) is 58.8 Å². The summed E-state index contributed by atoms with van der Waals surface area (Å²) in [5.74, 6) is -0.129. The molecule has 6 atom stereocenters. The fourth-order valence-corrected chi connectivity index (χ4v) is 8.36. The van der Waals surface area contributed by atoms with E-state index in [1.807, 2.05) is 35.3 Å². The van der Waals surface area contributed by atoms with Crippen molar-refractivity contribution in [3.63, 3.8) is 0 Å². The van der Waals surface area contributed by atoms with E-state index in [9.17, 15) is 4.79 Å². The van der Waals surface area contributed by atoms with Gasteiger partial charge in [-0.2, -0.15) is 10.2 Å². The summed E-state index contributed by atoms with van der Waals surface area (Å²) in [4.78, 5) is 13.4. The van der Waals surface area contributed by atoms with Crippen LogP contribution < -0.4 is 0 Å². The molecule has 1 aromatic rings.